The average Bonchev–Trinajstić information content (AvgIpc) is 1.76. The molecule has 27 valence electrons. The van der Waals surface area contributed by atoms with E-state index in [0.29, 0.717) is 0 Å². The van der Waals surface area contributed by atoms with Gasteiger partial charge in [-0.2, -0.15) is 0 Å². The third-order valence-corrected chi connectivity index (χ3v) is 2.15. The van der Waals surface area contributed by atoms with Crippen LogP contribution in [0.25, 0.3) is 0 Å². The molecule has 1 nitrogen and oxygen atoms in total. The van der Waals surface area contributed by atoms with E-state index < -0.39 is 0 Å². The molecule has 0 aromatic carbocycles. The van der Waals surface area contributed by atoms with Crippen molar-refractivity contribution in [1.82, 2.24) is 4.24 Å². The third kappa shape index (κ3) is 0.957. The molecule has 1 rings (SSSR count). The Kier molecular flexibility index (Phi) is 1.38. The Bertz CT molecular complexity index is 21.2. The van der Waals surface area contributed by atoms with Crippen LogP contribution in [0.1, 0.15) is 0 Å². The standard InChI is InChI=1S/C2H5BNSe/c1-2-5-4-3-1/h4H,1-2H2. The van der Waals surface area contributed by atoms with Crippen molar-refractivity contribution >= 4 is 22.6 Å². The van der Waals surface area contributed by atoms with E-state index in [1.54, 1.807) is 0 Å². The van der Waals surface area contributed by atoms with Crippen molar-refractivity contribution in [3.63, 3.8) is 0 Å². The van der Waals surface area contributed by atoms with Gasteiger partial charge in [0.1, 0.15) is 0 Å². The Labute approximate surface area is 39.2 Å². The molecule has 1 radical (unpaired) electrons. The monoisotopic (exact) mass is 134 g/mol. The second-order valence-corrected chi connectivity index (χ2v) is 2.92. The Morgan fingerprint density at radius 1 is 1.80 bits per heavy atom. The van der Waals surface area contributed by atoms with Crippen LogP contribution in [-0.4, -0.2) is 22.6 Å². The number of rotatable bonds is 0. The maximum atomic E-state index is 3.16. The quantitative estimate of drug-likeness (QED) is 0.446. The average molecular weight is 133 g/mol. The maximum absolute atomic E-state index is 3.16. The van der Waals surface area contributed by atoms with Gasteiger partial charge in [0.2, 0.25) is 0 Å². The molecule has 0 spiro atoms. The molecule has 3 heteroatoms. The van der Waals surface area contributed by atoms with Crippen LogP contribution in [0.15, 0.2) is 0 Å². The first-order valence-corrected chi connectivity index (χ1v) is 3.76. The van der Waals surface area contributed by atoms with E-state index in [9.17, 15) is 0 Å². The van der Waals surface area contributed by atoms with Crippen molar-refractivity contribution < 1.29 is 0 Å². The van der Waals surface area contributed by atoms with Gasteiger partial charge in [0.05, 0.1) is 0 Å². The SMILES string of the molecule is [B]1CC[Se]N1. The molecule has 0 saturated carbocycles. The zero-order valence-electron chi connectivity index (χ0n) is 2.90. The topological polar surface area (TPSA) is 12.0 Å². The molecule has 5 heavy (non-hydrogen) atoms. The van der Waals surface area contributed by atoms with E-state index >= 15 is 0 Å². The predicted octanol–water partition coefficient (Wildman–Crippen LogP) is -0.335. The minimum absolute atomic E-state index is 0.764. The molecule has 1 aliphatic heterocycles. The van der Waals surface area contributed by atoms with E-state index in [4.69, 9.17) is 0 Å². The molecule has 0 unspecified atom stereocenters. The minimum atomic E-state index is 0.764. The summed E-state index contributed by atoms with van der Waals surface area (Å²) in [5.41, 5.74) is 0. The van der Waals surface area contributed by atoms with Crippen LogP contribution in [0.5, 0.6) is 0 Å². The van der Waals surface area contributed by atoms with E-state index in [1.165, 1.54) is 11.6 Å². The third-order valence-electron chi connectivity index (χ3n) is 0.531. The van der Waals surface area contributed by atoms with Crippen molar-refractivity contribution in [3.05, 3.63) is 0 Å². The Morgan fingerprint density at radius 2 is 2.80 bits per heavy atom. The Balaban J connectivity index is 2.08. The first kappa shape index (κ1) is 3.72. The normalized spacial score (nSPS) is 22.4. The van der Waals surface area contributed by atoms with Gasteiger partial charge in [-0.05, 0) is 0 Å². The first-order valence-electron chi connectivity index (χ1n) is 1.69. The predicted molar refractivity (Wildman–Crippen MR) is 24.3 cm³/mol. The van der Waals surface area contributed by atoms with Crippen LogP contribution in [-0.2, 0) is 0 Å². The van der Waals surface area contributed by atoms with Crippen LogP contribution < -0.4 is 4.24 Å². The molecule has 0 aliphatic carbocycles. The molecule has 1 heterocycles. The van der Waals surface area contributed by atoms with Crippen molar-refractivity contribution in [2.45, 2.75) is 11.6 Å². The van der Waals surface area contributed by atoms with Crippen molar-refractivity contribution in [3.8, 4) is 0 Å². The van der Waals surface area contributed by atoms with E-state index in [0.717, 1.165) is 15.2 Å². The summed E-state index contributed by atoms with van der Waals surface area (Å²) in [4.78, 5) is 0. The van der Waals surface area contributed by atoms with Crippen LogP contribution in [0.4, 0.5) is 0 Å². The van der Waals surface area contributed by atoms with Gasteiger partial charge in [-0.3, -0.25) is 0 Å². The molecule has 1 fully saturated rings. The first-order chi connectivity index (χ1) is 2.50. The molecule has 1 saturated heterocycles. The van der Waals surface area contributed by atoms with Crippen LogP contribution in [0.3, 0.4) is 0 Å². The van der Waals surface area contributed by atoms with E-state index in [2.05, 4.69) is 11.7 Å². The molecule has 0 atom stereocenters. The van der Waals surface area contributed by atoms with Crippen LogP contribution in [0.2, 0.25) is 11.6 Å². The fraction of sp³-hybridized carbons (Fsp3) is 1.00. The molecule has 0 aromatic heterocycles. The fourth-order valence-electron chi connectivity index (χ4n) is 0.295. The summed E-state index contributed by atoms with van der Waals surface area (Å²) in [7, 11) is 2.14. The van der Waals surface area contributed by atoms with Crippen molar-refractivity contribution in [2.24, 2.45) is 0 Å². The summed E-state index contributed by atoms with van der Waals surface area (Å²) in [6.07, 6.45) is 1.29. The van der Waals surface area contributed by atoms with E-state index in [1.807, 2.05) is 0 Å². The van der Waals surface area contributed by atoms with Gasteiger partial charge < -0.3 is 0 Å². The van der Waals surface area contributed by atoms with Gasteiger partial charge in [-0.1, -0.05) is 0 Å². The fourth-order valence-corrected chi connectivity index (χ4v) is 1.53. The van der Waals surface area contributed by atoms with Gasteiger partial charge >= 0.3 is 38.5 Å². The van der Waals surface area contributed by atoms with Crippen molar-refractivity contribution in [2.75, 3.05) is 0 Å². The Morgan fingerprint density at radius 3 is 3.00 bits per heavy atom. The summed E-state index contributed by atoms with van der Waals surface area (Å²) in [5, 5.41) is 1.40. The summed E-state index contributed by atoms with van der Waals surface area (Å²) >= 11 is 0.764. The van der Waals surface area contributed by atoms with Crippen LogP contribution in [0, 0.1) is 0 Å². The summed E-state index contributed by atoms with van der Waals surface area (Å²) in [6.45, 7) is 0. The second-order valence-electron chi connectivity index (χ2n) is 0.959. The summed E-state index contributed by atoms with van der Waals surface area (Å²) in [5.74, 6) is 0. The molecule has 0 aromatic rings. The second kappa shape index (κ2) is 1.86. The molecular formula is C2H5BNSe. The summed E-state index contributed by atoms with van der Waals surface area (Å²) < 4.78 is 3.16. The number of hydrogen-bond donors (Lipinski definition) is 1. The molecular weight excluding hydrogens is 128 g/mol. The van der Waals surface area contributed by atoms with Gasteiger partial charge in [-0.25, -0.2) is 0 Å². The van der Waals surface area contributed by atoms with Gasteiger partial charge in [-0.15, -0.1) is 0 Å². The van der Waals surface area contributed by atoms with Gasteiger partial charge in [0, 0.05) is 0 Å². The number of hydrogen-bond acceptors (Lipinski definition) is 1. The van der Waals surface area contributed by atoms with Crippen molar-refractivity contribution in [1.29, 1.82) is 0 Å². The van der Waals surface area contributed by atoms with Gasteiger partial charge in [0.25, 0.3) is 0 Å². The summed E-state index contributed by atoms with van der Waals surface area (Å²) in [6, 6.07) is 0. The zero-order chi connectivity index (χ0) is 3.54. The molecule has 1 N–H and O–H groups in total. The van der Waals surface area contributed by atoms with E-state index in [-0.39, 0.29) is 0 Å². The molecule has 0 amide bonds. The van der Waals surface area contributed by atoms with Crippen LogP contribution >= 0.6 is 0 Å². The molecule has 0 bridgehead atoms. The zero-order valence-corrected chi connectivity index (χ0v) is 4.61. The Hall–Kier alpha value is 0.544. The number of nitrogens with one attached hydrogen (secondary N) is 1. The molecule has 1 aliphatic rings. The van der Waals surface area contributed by atoms with Gasteiger partial charge in [0.15, 0.2) is 0 Å².